The molecule has 4 unspecified atom stereocenters. The minimum Gasteiger partial charge on any atom is -0.466 e. The fourth-order valence-electron chi connectivity index (χ4n) is 6.75. The molecular weight excluding hydrogens is 464 g/mol. The monoisotopic (exact) mass is 496 g/mol. The number of hydrogen-bond acceptors (Lipinski definition) is 6. The number of fused-ring (bicyclic) bond motifs is 1. The maximum absolute atomic E-state index is 13.3. The molecule has 3 aliphatic heterocycles. The fourth-order valence-corrected chi connectivity index (χ4v) is 6.75. The van der Waals surface area contributed by atoms with Crippen molar-refractivity contribution in [2.24, 2.45) is 5.92 Å². The SMILES string of the molecule is COC(=O)C1=C2Nc3ccccc3C23CCN(Cc2ccccc2)C3CC1C1COC(C)(C)O1.Cl. The van der Waals surface area contributed by atoms with E-state index in [4.69, 9.17) is 14.2 Å². The molecule has 6 nitrogen and oxygen atoms in total. The van der Waals surface area contributed by atoms with Gasteiger partial charge in [0.2, 0.25) is 0 Å². The Bertz CT molecular complexity index is 1150. The molecule has 4 atom stereocenters. The van der Waals surface area contributed by atoms with E-state index in [-0.39, 0.29) is 41.9 Å². The zero-order valence-electron chi connectivity index (χ0n) is 20.5. The molecule has 2 aromatic carbocycles. The number of nitrogens with one attached hydrogen (secondary N) is 1. The Labute approximate surface area is 213 Å². The van der Waals surface area contributed by atoms with Gasteiger partial charge in [0.1, 0.15) is 0 Å². The van der Waals surface area contributed by atoms with Gasteiger partial charge in [-0.3, -0.25) is 4.90 Å². The highest BCUT2D eigenvalue weighted by Crippen LogP contribution is 2.59. The zero-order valence-corrected chi connectivity index (χ0v) is 21.3. The molecule has 0 amide bonds. The minimum atomic E-state index is -0.656. The summed E-state index contributed by atoms with van der Waals surface area (Å²) in [7, 11) is 1.47. The quantitative estimate of drug-likeness (QED) is 0.622. The number of rotatable bonds is 4. The first kappa shape index (κ1) is 24.3. The van der Waals surface area contributed by atoms with Crippen LogP contribution in [-0.4, -0.2) is 49.1 Å². The van der Waals surface area contributed by atoms with Crippen molar-refractivity contribution in [2.45, 2.75) is 56.6 Å². The van der Waals surface area contributed by atoms with Crippen LogP contribution in [0.25, 0.3) is 0 Å². The highest BCUT2D eigenvalue weighted by molar-refractivity contribution is 5.93. The summed E-state index contributed by atoms with van der Waals surface area (Å²) in [4.78, 5) is 15.9. The number of benzene rings is 2. The van der Waals surface area contributed by atoms with Crippen LogP contribution in [0.3, 0.4) is 0 Å². The number of anilines is 1. The topological polar surface area (TPSA) is 60.0 Å². The molecular formula is C28H33ClN2O4. The smallest absolute Gasteiger partial charge is 0.335 e. The van der Waals surface area contributed by atoms with E-state index in [0.29, 0.717) is 6.61 Å². The van der Waals surface area contributed by atoms with Crippen molar-refractivity contribution in [1.82, 2.24) is 4.90 Å². The highest BCUT2D eigenvalue weighted by atomic mass is 35.5. The van der Waals surface area contributed by atoms with Crippen LogP contribution >= 0.6 is 12.4 Å². The number of para-hydroxylation sites is 1. The van der Waals surface area contributed by atoms with Gasteiger partial charge in [-0.25, -0.2) is 4.79 Å². The molecule has 0 aromatic heterocycles. The summed E-state index contributed by atoms with van der Waals surface area (Å²) in [6.07, 6.45) is 1.59. The Balaban J connectivity index is 0.00000253. The average Bonchev–Trinajstić information content (AvgIpc) is 3.50. The van der Waals surface area contributed by atoms with Crippen LogP contribution in [0.5, 0.6) is 0 Å². The van der Waals surface area contributed by atoms with E-state index in [1.165, 1.54) is 18.2 Å². The predicted molar refractivity (Wildman–Crippen MR) is 136 cm³/mol. The first-order chi connectivity index (χ1) is 16.4. The molecule has 186 valence electrons. The third kappa shape index (κ3) is 3.78. The summed E-state index contributed by atoms with van der Waals surface area (Å²) in [6, 6.07) is 19.4. The fraction of sp³-hybridized carbons (Fsp3) is 0.464. The Morgan fingerprint density at radius 1 is 1.14 bits per heavy atom. The number of nitrogens with zero attached hydrogens (tertiary/aromatic N) is 1. The molecule has 4 aliphatic rings. The molecule has 1 aliphatic carbocycles. The van der Waals surface area contributed by atoms with Crippen molar-refractivity contribution in [3.8, 4) is 0 Å². The molecule has 0 saturated carbocycles. The number of carbonyl (C=O) groups is 1. The second kappa shape index (κ2) is 8.93. The van der Waals surface area contributed by atoms with Gasteiger partial charge in [0.15, 0.2) is 5.79 Å². The molecule has 6 rings (SSSR count). The van der Waals surface area contributed by atoms with Gasteiger partial charge in [0, 0.05) is 36.4 Å². The number of likely N-dealkylation sites (tertiary alicyclic amines) is 1. The maximum Gasteiger partial charge on any atom is 0.335 e. The average molecular weight is 497 g/mol. The molecule has 0 radical (unpaired) electrons. The lowest BCUT2D eigenvalue weighted by molar-refractivity contribution is -0.148. The van der Waals surface area contributed by atoms with E-state index >= 15 is 0 Å². The van der Waals surface area contributed by atoms with Crippen molar-refractivity contribution in [3.05, 3.63) is 77.0 Å². The standard InChI is InChI=1S/C28H32N2O4.ClH/c1-27(2)33-17-22(34-27)19-15-23-28(13-14-30(23)16-18-9-5-4-6-10-18)20-11-7-8-12-21(20)29-25(28)24(19)26(31)32-3;/h4-12,19,22-23,29H,13-17H2,1-3H3;1H. The van der Waals surface area contributed by atoms with E-state index in [1.54, 1.807) is 0 Å². The summed E-state index contributed by atoms with van der Waals surface area (Å²) in [5.41, 5.74) is 5.17. The van der Waals surface area contributed by atoms with Crippen molar-refractivity contribution >= 4 is 24.1 Å². The Morgan fingerprint density at radius 3 is 2.60 bits per heavy atom. The van der Waals surface area contributed by atoms with Crippen LogP contribution in [0.4, 0.5) is 5.69 Å². The summed E-state index contributed by atoms with van der Waals surface area (Å²) in [6.45, 7) is 6.19. The second-order valence-electron chi connectivity index (χ2n) is 10.4. The third-order valence-electron chi connectivity index (χ3n) is 8.15. The molecule has 2 fully saturated rings. The van der Waals surface area contributed by atoms with Gasteiger partial charge in [-0.15, -0.1) is 12.4 Å². The van der Waals surface area contributed by atoms with Gasteiger partial charge in [0.05, 0.1) is 30.8 Å². The van der Waals surface area contributed by atoms with Gasteiger partial charge in [-0.05, 0) is 43.9 Å². The van der Waals surface area contributed by atoms with E-state index in [0.717, 1.165) is 42.9 Å². The van der Waals surface area contributed by atoms with Crippen molar-refractivity contribution in [3.63, 3.8) is 0 Å². The molecule has 1 spiro atoms. The molecule has 35 heavy (non-hydrogen) atoms. The molecule has 3 heterocycles. The van der Waals surface area contributed by atoms with Crippen molar-refractivity contribution in [2.75, 3.05) is 25.6 Å². The molecule has 0 bridgehead atoms. The van der Waals surface area contributed by atoms with Gasteiger partial charge in [-0.2, -0.15) is 0 Å². The summed E-state index contributed by atoms with van der Waals surface area (Å²) in [5, 5.41) is 3.68. The van der Waals surface area contributed by atoms with Crippen LogP contribution in [0.2, 0.25) is 0 Å². The van der Waals surface area contributed by atoms with Gasteiger partial charge in [0.25, 0.3) is 0 Å². The van der Waals surface area contributed by atoms with E-state index in [9.17, 15) is 4.79 Å². The number of carbonyl (C=O) groups excluding carboxylic acids is 1. The lowest BCUT2D eigenvalue weighted by Crippen LogP contribution is -2.51. The first-order valence-electron chi connectivity index (χ1n) is 12.2. The van der Waals surface area contributed by atoms with E-state index < -0.39 is 5.79 Å². The minimum absolute atomic E-state index is 0. The van der Waals surface area contributed by atoms with Crippen LogP contribution in [-0.2, 0) is 31.0 Å². The van der Waals surface area contributed by atoms with Gasteiger partial charge in [-0.1, -0.05) is 48.5 Å². The lowest BCUT2D eigenvalue weighted by atomic mass is 9.63. The lowest BCUT2D eigenvalue weighted by Gasteiger charge is -2.45. The number of ether oxygens (including phenoxy) is 3. The van der Waals surface area contributed by atoms with Crippen LogP contribution < -0.4 is 5.32 Å². The predicted octanol–water partition coefficient (Wildman–Crippen LogP) is 4.64. The summed E-state index contributed by atoms with van der Waals surface area (Å²) in [5.74, 6) is -1.04. The highest BCUT2D eigenvalue weighted by Gasteiger charge is 2.61. The maximum atomic E-state index is 13.3. The third-order valence-corrected chi connectivity index (χ3v) is 8.15. The van der Waals surface area contributed by atoms with Crippen LogP contribution in [0.15, 0.2) is 65.9 Å². The van der Waals surface area contributed by atoms with Crippen molar-refractivity contribution < 1.29 is 19.0 Å². The summed E-state index contributed by atoms with van der Waals surface area (Å²) >= 11 is 0. The van der Waals surface area contributed by atoms with Crippen molar-refractivity contribution in [1.29, 1.82) is 0 Å². The second-order valence-corrected chi connectivity index (χ2v) is 10.4. The molecule has 7 heteroatoms. The van der Waals surface area contributed by atoms with E-state index in [2.05, 4.69) is 64.8 Å². The number of methoxy groups -OCH3 is 1. The Hall–Kier alpha value is -2.38. The number of halogens is 1. The van der Waals surface area contributed by atoms with Gasteiger partial charge < -0.3 is 19.5 Å². The molecule has 1 N–H and O–H groups in total. The van der Waals surface area contributed by atoms with Crippen LogP contribution in [0.1, 0.15) is 37.8 Å². The number of hydrogen-bond donors (Lipinski definition) is 1. The largest absolute Gasteiger partial charge is 0.466 e. The zero-order chi connectivity index (χ0) is 23.5. The first-order valence-corrected chi connectivity index (χ1v) is 12.2. The molecule has 2 aromatic rings. The Morgan fingerprint density at radius 2 is 1.89 bits per heavy atom. The summed E-state index contributed by atoms with van der Waals surface area (Å²) < 4.78 is 17.6. The van der Waals surface area contributed by atoms with Crippen LogP contribution in [0, 0.1) is 5.92 Å². The van der Waals surface area contributed by atoms with E-state index in [1.807, 2.05) is 13.8 Å². The Kier molecular flexibility index (Phi) is 6.20. The normalized spacial score (nSPS) is 30.7. The van der Waals surface area contributed by atoms with Gasteiger partial charge >= 0.3 is 5.97 Å². The number of esters is 1. The molecule has 2 saturated heterocycles.